The molecule has 0 saturated carbocycles. The second-order valence-corrected chi connectivity index (χ2v) is 7.74. The van der Waals surface area contributed by atoms with Gasteiger partial charge in [-0.15, -0.1) is 0 Å². The minimum atomic E-state index is -0.601. The summed E-state index contributed by atoms with van der Waals surface area (Å²) in [6.07, 6.45) is 0.920. The van der Waals surface area contributed by atoms with E-state index in [2.05, 4.69) is 4.98 Å². The molecule has 0 aliphatic rings. The number of rotatable bonds is 1. The lowest BCUT2D eigenvalue weighted by molar-refractivity contribution is 0.00691. The van der Waals surface area contributed by atoms with Crippen LogP contribution in [0.25, 0.3) is 11.0 Å². The molecule has 0 amide bonds. The third kappa shape index (κ3) is 4.13. The van der Waals surface area contributed by atoms with Gasteiger partial charge in [-0.25, -0.2) is 19.1 Å². The summed E-state index contributed by atoms with van der Waals surface area (Å²) in [5, 5.41) is 0.682. The number of aryl methyl sites for hydroxylation is 1. The van der Waals surface area contributed by atoms with E-state index in [0.29, 0.717) is 22.3 Å². The first-order chi connectivity index (χ1) is 10.9. The van der Waals surface area contributed by atoms with Gasteiger partial charge in [0.05, 0.1) is 5.56 Å². The zero-order valence-corrected chi connectivity index (χ0v) is 15.3. The Labute approximate surface area is 141 Å². The van der Waals surface area contributed by atoms with Crippen LogP contribution in [0.5, 0.6) is 0 Å². The Kier molecular flexibility index (Phi) is 4.44. The molecule has 0 atom stereocenters. The maximum absolute atomic E-state index is 12.4. The van der Waals surface area contributed by atoms with Crippen molar-refractivity contribution in [3.8, 4) is 0 Å². The van der Waals surface area contributed by atoms with Crippen molar-refractivity contribution < 1.29 is 19.1 Å². The van der Waals surface area contributed by atoms with Gasteiger partial charge in [0.25, 0.3) is 0 Å². The quantitative estimate of drug-likeness (QED) is 0.736. The van der Waals surface area contributed by atoms with Gasteiger partial charge in [0, 0.05) is 17.3 Å². The van der Waals surface area contributed by atoms with E-state index in [4.69, 9.17) is 9.47 Å². The molecule has 0 saturated heterocycles. The molecule has 0 fully saturated rings. The van der Waals surface area contributed by atoms with E-state index < -0.39 is 23.3 Å². The number of carbonyl (C=O) groups is 2. The predicted molar refractivity (Wildman–Crippen MR) is 91.3 cm³/mol. The maximum Gasteiger partial charge on any atom is 0.420 e. The van der Waals surface area contributed by atoms with Crippen molar-refractivity contribution in [1.82, 2.24) is 9.55 Å². The average Bonchev–Trinajstić information content (AvgIpc) is 2.69. The molecule has 2 aromatic heterocycles. The van der Waals surface area contributed by atoms with Crippen molar-refractivity contribution in [2.45, 2.75) is 59.7 Å². The molecule has 0 bridgehead atoms. The van der Waals surface area contributed by atoms with Crippen LogP contribution in [0.15, 0.2) is 18.3 Å². The van der Waals surface area contributed by atoms with E-state index in [1.165, 1.54) is 10.8 Å². The number of pyridine rings is 1. The molecule has 0 aliphatic carbocycles. The van der Waals surface area contributed by atoms with Crippen LogP contribution in [0.4, 0.5) is 4.79 Å². The van der Waals surface area contributed by atoms with Crippen molar-refractivity contribution in [3.63, 3.8) is 0 Å². The Balaban J connectivity index is 2.40. The van der Waals surface area contributed by atoms with Crippen LogP contribution in [0, 0.1) is 6.92 Å². The molecule has 0 aromatic carbocycles. The number of ether oxygens (including phenoxy) is 2. The molecular formula is C18H24N2O4. The second-order valence-electron chi connectivity index (χ2n) is 7.74. The van der Waals surface area contributed by atoms with E-state index in [1.54, 1.807) is 60.6 Å². The van der Waals surface area contributed by atoms with Crippen LogP contribution in [-0.2, 0) is 9.47 Å². The highest BCUT2D eigenvalue weighted by molar-refractivity contribution is 5.95. The highest BCUT2D eigenvalue weighted by Crippen LogP contribution is 2.22. The van der Waals surface area contributed by atoms with Crippen molar-refractivity contribution in [2.24, 2.45) is 0 Å². The number of esters is 1. The van der Waals surface area contributed by atoms with E-state index in [-0.39, 0.29) is 0 Å². The number of hydrogen-bond acceptors (Lipinski definition) is 5. The Bertz CT molecular complexity index is 792. The lowest BCUT2D eigenvalue weighted by Crippen LogP contribution is -2.27. The zero-order valence-electron chi connectivity index (χ0n) is 15.3. The molecular weight excluding hydrogens is 308 g/mol. The number of carbonyl (C=O) groups excluding carboxylic acids is 2. The molecule has 0 spiro atoms. The van der Waals surface area contributed by atoms with Crippen LogP contribution in [0.1, 0.15) is 57.6 Å². The topological polar surface area (TPSA) is 70.4 Å². The van der Waals surface area contributed by atoms with Crippen molar-refractivity contribution >= 4 is 23.1 Å². The molecule has 130 valence electrons. The van der Waals surface area contributed by atoms with Crippen LogP contribution < -0.4 is 0 Å². The largest absolute Gasteiger partial charge is 0.456 e. The fourth-order valence-electron chi connectivity index (χ4n) is 2.21. The molecule has 6 nitrogen and oxygen atoms in total. The number of aromatic nitrogens is 2. The summed E-state index contributed by atoms with van der Waals surface area (Å²) in [4.78, 5) is 28.8. The maximum atomic E-state index is 12.4. The number of hydrogen-bond donors (Lipinski definition) is 0. The fourth-order valence-corrected chi connectivity index (χ4v) is 2.21. The monoisotopic (exact) mass is 332 g/mol. The summed E-state index contributed by atoms with van der Waals surface area (Å²) >= 11 is 0. The van der Waals surface area contributed by atoms with E-state index in [0.717, 1.165) is 0 Å². The Morgan fingerprint density at radius 1 is 1.00 bits per heavy atom. The molecule has 2 aromatic rings. The van der Waals surface area contributed by atoms with E-state index in [1.807, 2.05) is 0 Å². The van der Waals surface area contributed by atoms with Gasteiger partial charge in [-0.3, -0.25) is 0 Å². The number of nitrogens with zero attached hydrogens (tertiary/aromatic N) is 2. The fraction of sp³-hybridized carbons (Fsp3) is 0.500. The Morgan fingerprint density at radius 3 is 2.12 bits per heavy atom. The zero-order chi connectivity index (χ0) is 18.3. The summed E-state index contributed by atoms with van der Waals surface area (Å²) in [5.41, 5.74) is 0.307. The minimum absolute atomic E-state index is 0.346. The summed E-state index contributed by atoms with van der Waals surface area (Å²) in [6.45, 7) is 12.6. The first kappa shape index (κ1) is 18.0. The number of fused-ring (bicyclic) bond motifs is 1. The van der Waals surface area contributed by atoms with E-state index >= 15 is 0 Å². The second kappa shape index (κ2) is 5.92. The van der Waals surface area contributed by atoms with Crippen LogP contribution in [0.3, 0.4) is 0 Å². The highest BCUT2D eigenvalue weighted by Gasteiger charge is 2.23. The summed E-state index contributed by atoms with van der Waals surface area (Å²) in [7, 11) is 0. The normalized spacial score (nSPS) is 12.3. The minimum Gasteiger partial charge on any atom is -0.456 e. The molecule has 0 aliphatic heterocycles. The van der Waals surface area contributed by atoms with Gasteiger partial charge in [-0.05, 0) is 60.6 Å². The first-order valence-electron chi connectivity index (χ1n) is 7.82. The van der Waals surface area contributed by atoms with Gasteiger partial charge in [-0.2, -0.15) is 0 Å². The smallest absolute Gasteiger partial charge is 0.420 e. The van der Waals surface area contributed by atoms with E-state index in [9.17, 15) is 9.59 Å². The van der Waals surface area contributed by atoms with Gasteiger partial charge in [-0.1, -0.05) is 0 Å². The molecule has 0 radical (unpaired) electrons. The standard InChI is InChI=1S/C18H24N2O4/c1-11-8-12-9-13(15(21)23-17(2,3)4)10-19-14(12)20(11)16(22)24-18(5,6)7/h8-10H,1-7H3. The van der Waals surface area contributed by atoms with Crippen LogP contribution in [0.2, 0.25) is 0 Å². The molecule has 2 heterocycles. The van der Waals surface area contributed by atoms with Gasteiger partial charge in [0.1, 0.15) is 16.8 Å². The molecule has 2 rings (SSSR count). The van der Waals surface area contributed by atoms with Crippen molar-refractivity contribution in [2.75, 3.05) is 0 Å². The summed E-state index contributed by atoms with van der Waals surface area (Å²) in [6, 6.07) is 3.46. The Morgan fingerprint density at radius 2 is 1.58 bits per heavy atom. The van der Waals surface area contributed by atoms with Gasteiger partial charge in [0.2, 0.25) is 0 Å². The summed E-state index contributed by atoms with van der Waals surface area (Å²) in [5.74, 6) is -0.445. The first-order valence-corrected chi connectivity index (χ1v) is 7.82. The van der Waals surface area contributed by atoms with Crippen LogP contribution in [-0.4, -0.2) is 32.8 Å². The third-order valence-electron chi connectivity index (χ3n) is 3.03. The van der Waals surface area contributed by atoms with Gasteiger partial charge < -0.3 is 9.47 Å². The predicted octanol–water partition coefficient (Wildman–Crippen LogP) is 4.08. The highest BCUT2D eigenvalue weighted by atomic mass is 16.6. The van der Waals surface area contributed by atoms with Gasteiger partial charge in [0.15, 0.2) is 0 Å². The molecule has 24 heavy (non-hydrogen) atoms. The third-order valence-corrected chi connectivity index (χ3v) is 3.03. The lowest BCUT2D eigenvalue weighted by Gasteiger charge is -2.20. The van der Waals surface area contributed by atoms with Gasteiger partial charge >= 0.3 is 12.1 Å². The molecule has 6 heteroatoms. The molecule has 0 N–H and O–H groups in total. The van der Waals surface area contributed by atoms with Crippen LogP contribution >= 0.6 is 0 Å². The SMILES string of the molecule is Cc1cc2cc(C(=O)OC(C)(C)C)cnc2n1C(=O)OC(C)(C)C. The average molecular weight is 332 g/mol. The molecule has 0 unspecified atom stereocenters. The van der Waals surface area contributed by atoms with Crippen molar-refractivity contribution in [1.29, 1.82) is 0 Å². The van der Waals surface area contributed by atoms with Crippen molar-refractivity contribution in [3.05, 3.63) is 29.6 Å². The lowest BCUT2D eigenvalue weighted by atomic mass is 10.2. The Hall–Kier alpha value is -2.37. The summed E-state index contributed by atoms with van der Waals surface area (Å²) < 4.78 is 12.2.